The molecular formula is C136H84N2O2S2. The summed E-state index contributed by atoms with van der Waals surface area (Å²) in [5.41, 5.74) is 45.0. The lowest BCUT2D eigenvalue weighted by Gasteiger charge is -2.40. The SMILES string of the molecule is c1ccc(-c2cccc(-c3ccc(N(c4cccc5c4-c4ccccc4C54c5ccccc5Oc5ccccc54)c4cccc5c4-c4ccccc4C54c5ccccc5Sc5cc(-c6ccc(-c7ccc(-c8ccc(N(c9cccc%10c9-c9ccccc9C%109c%10ccccc%10Oc%10ccccc%109)c9cccc%10c9-c9ccccc9C%109c%10ccccc%10Sc%10ccccc%109)cc8)cc7)cc6)ccc54)cc3)c2)cc1. The largest absolute Gasteiger partial charge is 0.457 e. The van der Waals surface area contributed by atoms with Crippen molar-refractivity contribution in [3.8, 4) is 123 Å². The fourth-order valence-electron chi connectivity index (χ4n) is 26.2. The van der Waals surface area contributed by atoms with Crippen LogP contribution in [-0.4, -0.2) is 0 Å². The van der Waals surface area contributed by atoms with Gasteiger partial charge in [-0.15, -0.1) is 0 Å². The van der Waals surface area contributed by atoms with Crippen LogP contribution in [0.3, 0.4) is 0 Å². The molecule has 142 heavy (non-hydrogen) atoms. The van der Waals surface area contributed by atoms with E-state index in [-0.39, 0.29) is 0 Å². The molecule has 22 aromatic carbocycles. The Balaban J connectivity index is 0.519. The lowest BCUT2D eigenvalue weighted by Crippen LogP contribution is -2.32. The van der Waals surface area contributed by atoms with Crippen LogP contribution in [0.15, 0.2) is 529 Å². The van der Waals surface area contributed by atoms with Crippen molar-refractivity contribution in [2.45, 2.75) is 41.2 Å². The number of para-hydroxylation sites is 4. The molecule has 6 heteroatoms. The van der Waals surface area contributed by atoms with Crippen molar-refractivity contribution in [2.75, 3.05) is 9.80 Å². The van der Waals surface area contributed by atoms with Gasteiger partial charge in [-0.25, -0.2) is 0 Å². The summed E-state index contributed by atoms with van der Waals surface area (Å²) in [4.78, 5) is 10.2. The van der Waals surface area contributed by atoms with E-state index in [0.717, 1.165) is 118 Å². The van der Waals surface area contributed by atoms with E-state index in [1.54, 1.807) is 0 Å². The minimum atomic E-state index is -0.690. The molecule has 4 aliphatic carbocycles. The maximum atomic E-state index is 6.91. The average Bonchev–Trinajstić information content (AvgIpc) is 1.51. The Morgan fingerprint density at radius 1 is 0.148 bits per heavy atom. The second-order valence-corrected chi connectivity index (χ2v) is 40.6. The van der Waals surface area contributed by atoms with Gasteiger partial charge in [0.25, 0.3) is 0 Å². The van der Waals surface area contributed by atoms with E-state index in [1.165, 1.54) is 148 Å². The molecule has 4 nitrogen and oxygen atoms in total. The minimum Gasteiger partial charge on any atom is -0.457 e. The molecule has 0 N–H and O–H groups in total. The summed E-state index contributed by atoms with van der Waals surface area (Å²) in [6.07, 6.45) is 0. The van der Waals surface area contributed by atoms with Crippen molar-refractivity contribution in [3.05, 3.63) is 599 Å². The second kappa shape index (κ2) is 31.1. The van der Waals surface area contributed by atoms with Gasteiger partial charge >= 0.3 is 0 Å². The van der Waals surface area contributed by atoms with Crippen molar-refractivity contribution >= 4 is 57.6 Å². The van der Waals surface area contributed by atoms with E-state index >= 15 is 0 Å². The van der Waals surface area contributed by atoms with Crippen molar-refractivity contribution in [1.29, 1.82) is 0 Å². The molecular weight excluding hydrogens is 1760 g/mol. The Morgan fingerprint density at radius 2 is 0.366 bits per heavy atom. The summed E-state index contributed by atoms with van der Waals surface area (Å²) in [5.74, 6) is 3.48. The lowest BCUT2D eigenvalue weighted by molar-refractivity contribution is 0.436. The first kappa shape index (κ1) is 80.8. The first-order valence-corrected chi connectivity index (χ1v) is 50.7. The quantitative estimate of drug-likeness (QED) is 0.128. The van der Waals surface area contributed by atoms with Crippen LogP contribution >= 0.6 is 23.5 Å². The van der Waals surface area contributed by atoms with Crippen LogP contribution in [0, 0.1) is 0 Å². The number of anilines is 6. The molecule has 0 saturated heterocycles. The molecule has 8 aliphatic rings. The van der Waals surface area contributed by atoms with Crippen LogP contribution in [-0.2, 0) is 21.7 Å². The molecule has 0 fully saturated rings. The van der Waals surface area contributed by atoms with Gasteiger partial charge in [-0.2, -0.15) is 0 Å². The van der Waals surface area contributed by atoms with Crippen LogP contribution in [0.5, 0.6) is 23.0 Å². The van der Waals surface area contributed by atoms with Gasteiger partial charge in [0.1, 0.15) is 23.0 Å². The number of fused-ring (bicyclic) bond motifs is 36. The summed E-state index contributed by atoms with van der Waals surface area (Å²) in [6.45, 7) is 0. The molecule has 0 radical (unpaired) electrons. The van der Waals surface area contributed by atoms with Gasteiger partial charge in [0.05, 0.1) is 44.4 Å². The van der Waals surface area contributed by atoms with E-state index in [4.69, 9.17) is 9.47 Å². The molecule has 662 valence electrons. The van der Waals surface area contributed by atoms with Gasteiger partial charge in [-0.1, -0.05) is 430 Å². The predicted molar refractivity (Wildman–Crippen MR) is 581 cm³/mol. The molecule has 4 spiro atoms. The Kier molecular flexibility index (Phi) is 17.7. The molecule has 0 aromatic heterocycles. The van der Waals surface area contributed by atoms with E-state index in [2.05, 4.69) is 519 Å². The zero-order valence-electron chi connectivity index (χ0n) is 77.0. The molecule has 4 aliphatic heterocycles. The van der Waals surface area contributed by atoms with Crippen molar-refractivity contribution in [1.82, 2.24) is 0 Å². The third-order valence-corrected chi connectivity index (χ3v) is 34.1. The van der Waals surface area contributed by atoms with Crippen LogP contribution in [0.4, 0.5) is 34.1 Å². The highest BCUT2D eigenvalue weighted by Gasteiger charge is 2.58. The number of ether oxygens (including phenoxy) is 2. The summed E-state index contributed by atoms with van der Waals surface area (Å²) in [6, 6.07) is 191. The first-order valence-electron chi connectivity index (χ1n) is 49.1. The highest BCUT2D eigenvalue weighted by atomic mass is 32.2. The Hall–Kier alpha value is -17.3. The van der Waals surface area contributed by atoms with E-state index in [1.807, 2.05) is 23.5 Å². The molecule has 1 atom stereocenters. The zero-order chi connectivity index (χ0) is 93.1. The second-order valence-electron chi connectivity index (χ2n) is 38.4. The summed E-state index contributed by atoms with van der Waals surface area (Å²) >= 11 is 3.77. The van der Waals surface area contributed by atoms with Crippen LogP contribution in [0.25, 0.3) is 100 Å². The molecule has 0 saturated carbocycles. The Morgan fingerprint density at radius 3 is 0.704 bits per heavy atom. The number of rotatable bonds is 11. The first-order chi connectivity index (χ1) is 70.4. The highest BCUT2D eigenvalue weighted by Crippen LogP contribution is 2.71. The highest BCUT2D eigenvalue weighted by molar-refractivity contribution is 7.99. The molecule has 30 rings (SSSR count). The summed E-state index contributed by atoms with van der Waals surface area (Å²) in [5, 5.41) is 0. The van der Waals surface area contributed by atoms with Crippen LogP contribution < -0.4 is 19.3 Å². The standard InChI is InChI=1S/C136H84N2O2S2/c1-2-31-85(32-3-1)92-33-26-34-93(83-92)91-75-80-96(81-76-91)138(118-55-28-51-114-130(118)98-36-5-9-40-102(98)134(114)107-45-14-21-60-123(107)140-124-61-22-15-46-108(124)134)120-57-30-53-116-132(120)100-38-7-11-42-104(100)136(116)111-49-18-25-64-127(111)142-128-84-94(77-82-112(128)136)90-71-69-87(70-72-90)86-65-67-88(68-66-86)89-73-78-95(79-74-89)137(117-54-27-50-113-129(117)97-35-4-8-39-101(97)133(113)105-43-12-19-58-121(105)139-122-59-20-13-44-106(122)133)119-56-29-52-115-131(119)99-37-6-10-41-103(99)135(115)109-47-16-23-62-125(109)141-126-63-24-17-48-110(126)135/h1-84H. The number of nitrogens with zero attached hydrogens (tertiary/aromatic N) is 2. The van der Waals surface area contributed by atoms with Gasteiger partial charge in [-0.3, -0.25) is 0 Å². The fourth-order valence-corrected chi connectivity index (χ4v) is 28.6. The summed E-state index contributed by atoms with van der Waals surface area (Å²) < 4.78 is 13.8. The smallest absolute Gasteiger partial charge is 0.132 e. The van der Waals surface area contributed by atoms with Gasteiger partial charge in [0, 0.05) is 75.5 Å². The normalized spacial score (nSPS) is 15.0. The number of hydrogen-bond donors (Lipinski definition) is 0. The molecule has 0 bridgehead atoms. The maximum absolute atomic E-state index is 6.91. The van der Waals surface area contributed by atoms with Crippen molar-refractivity contribution in [2.24, 2.45) is 0 Å². The van der Waals surface area contributed by atoms with Gasteiger partial charge in [0.2, 0.25) is 0 Å². The van der Waals surface area contributed by atoms with E-state index < -0.39 is 21.7 Å². The summed E-state index contributed by atoms with van der Waals surface area (Å²) in [7, 11) is 0. The topological polar surface area (TPSA) is 24.9 Å². The molecule has 0 amide bonds. The number of hydrogen-bond acceptors (Lipinski definition) is 6. The van der Waals surface area contributed by atoms with Crippen LogP contribution in [0.1, 0.15) is 89.0 Å². The third-order valence-electron chi connectivity index (χ3n) is 31.8. The fraction of sp³-hybridized carbons (Fsp3) is 0.0294. The van der Waals surface area contributed by atoms with Crippen LogP contribution in [0.2, 0.25) is 0 Å². The predicted octanol–water partition coefficient (Wildman–Crippen LogP) is 35.6. The van der Waals surface area contributed by atoms with Gasteiger partial charge in [0.15, 0.2) is 0 Å². The van der Waals surface area contributed by atoms with Crippen molar-refractivity contribution < 1.29 is 9.47 Å². The van der Waals surface area contributed by atoms with Crippen molar-refractivity contribution in [3.63, 3.8) is 0 Å². The monoisotopic (exact) mass is 1840 g/mol. The maximum Gasteiger partial charge on any atom is 0.132 e. The van der Waals surface area contributed by atoms with Gasteiger partial charge < -0.3 is 19.3 Å². The Labute approximate surface area is 833 Å². The molecule has 22 aromatic rings. The minimum absolute atomic E-state index is 0.580. The molecule has 4 heterocycles. The third kappa shape index (κ3) is 11.2. The van der Waals surface area contributed by atoms with Gasteiger partial charge in [-0.05, 0) is 248 Å². The zero-order valence-corrected chi connectivity index (χ0v) is 78.7. The van der Waals surface area contributed by atoms with E-state index in [0.29, 0.717) is 0 Å². The number of benzene rings is 22. The lowest BCUT2D eigenvalue weighted by atomic mass is 9.66. The molecule has 1 unspecified atom stereocenters. The van der Waals surface area contributed by atoms with E-state index in [9.17, 15) is 0 Å². The average molecular weight is 1840 g/mol. The Bertz CT molecular complexity index is 8740.